The number of ether oxygens (including phenoxy) is 3. The number of piperidine rings is 1. The summed E-state index contributed by atoms with van der Waals surface area (Å²) in [4.78, 5) is 14.0. The quantitative estimate of drug-likeness (QED) is 0.344. The van der Waals surface area contributed by atoms with E-state index in [2.05, 4.69) is 11.5 Å². The smallest absolute Gasteiger partial charge is 0.335 e. The maximum Gasteiger partial charge on any atom is 0.335 e. The third-order valence-corrected chi connectivity index (χ3v) is 8.81. The van der Waals surface area contributed by atoms with E-state index < -0.39 is 48.9 Å². The molecule has 1 aromatic carbocycles. The molecule has 2 bridgehead atoms. The van der Waals surface area contributed by atoms with E-state index in [-0.39, 0.29) is 11.2 Å². The highest BCUT2D eigenvalue weighted by atomic mass is 16.7. The average Bonchev–Trinajstić information content (AvgIpc) is 3.18. The Kier molecular flexibility index (Phi) is 5.41. The van der Waals surface area contributed by atoms with E-state index in [1.54, 1.807) is 6.07 Å². The number of aliphatic hydroxyl groups is 4. The van der Waals surface area contributed by atoms with Crippen molar-refractivity contribution >= 4 is 5.97 Å². The van der Waals surface area contributed by atoms with Crippen LogP contribution in [0.3, 0.4) is 0 Å². The molecule has 10 nitrogen and oxygen atoms in total. The van der Waals surface area contributed by atoms with Gasteiger partial charge in [-0.2, -0.15) is 0 Å². The lowest BCUT2D eigenvalue weighted by Gasteiger charge is -2.59. The molecule has 0 aromatic heterocycles. The molecule has 1 aromatic rings. The van der Waals surface area contributed by atoms with Gasteiger partial charge in [0.25, 0.3) is 0 Å². The van der Waals surface area contributed by atoms with Crippen LogP contribution in [-0.2, 0) is 21.4 Å². The maximum absolute atomic E-state index is 11.5. The topological polar surface area (TPSA) is 149 Å². The second kappa shape index (κ2) is 8.16. The number of aliphatic carboxylic acids is 1. The molecule has 0 amide bonds. The standard InChI is InChI=1S/C25H31NO9/c1-2-8-26-9-7-25-12-4-5-14(27)22(25)34-20-15(6-3-11(16(20)25)10-13(12)26)33-24-19(30)17(28)18(29)21(35-24)23(31)32/h2-3,6,12-14,17-19,21-22,24,27-30H,1,4-5,7-10H2,(H,31,32)/t12-,13+,14+,17-,18-,19+,21-,22-,24+,25-/m0/s1. The Morgan fingerprint density at radius 1 is 1.20 bits per heavy atom. The number of nitrogens with zero attached hydrogens (tertiary/aromatic N) is 1. The SMILES string of the molecule is C=CCN1CC[C@]23c4c5ccc(O[C@@H]6O[C@H](C(=O)O)[C@@H](O)[C@H](O)[C@H]6O)c4O[C@H]2[C@H](O)CC[C@H]3[C@H]1C5. The highest BCUT2D eigenvalue weighted by molar-refractivity contribution is 5.73. The van der Waals surface area contributed by atoms with Crippen molar-refractivity contribution in [2.45, 2.75) is 80.1 Å². The molecular formula is C25H31NO9. The van der Waals surface area contributed by atoms with E-state index in [1.807, 2.05) is 12.1 Å². The third-order valence-electron chi connectivity index (χ3n) is 8.81. The number of carbonyl (C=O) groups is 1. The van der Waals surface area contributed by atoms with Gasteiger partial charge in [-0.3, -0.25) is 4.90 Å². The number of rotatable bonds is 5. The molecule has 10 heteroatoms. The van der Waals surface area contributed by atoms with Gasteiger partial charge in [-0.15, -0.1) is 6.58 Å². The van der Waals surface area contributed by atoms with Crippen molar-refractivity contribution in [2.24, 2.45) is 5.92 Å². The van der Waals surface area contributed by atoms with Gasteiger partial charge in [-0.25, -0.2) is 4.79 Å². The molecule has 1 saturated carbocycles. The molecule has 0 unspecified atom stereocenters. The molecule has 2 aliphatic carbocycles. The number of aliphatic hydroxyl groups excluding tert-OH is 4. The van der Waals surface area contributed by atoms with Crippen LogP contribution in [0.4, 0.5) is 0 Å². The van der Waals surface area contributed by atoms with E-state index in [0.717, 1.165) is 43.5 Å². The first kappa shape index (κ1) is 23.2. The lowest BCUT2D eigenvalue weighted by molar-refractivity contribution is -0.271. The monoisotopic (exact) mass is 489 g/mol. The zero-order valence-electron chi connectivity index (χ0n) is 19.2. The number of hydrogen-bond acceptors (Lipinski definition) is 9. The molecule has 3 aliphatic heterocycles. The second-order valence-corrected chi connectivity index (χ2v) is 10.4. The van der Waals surface area contributed by atoms with Crippen molar-refractivity contribution in [3.8, 4) is 11.5 Å². The highest BCUT2D eigenvalue weighted by Crippen LogP contribution is 2.64. The minimum absolute atomic E-state index is 0.252. The van der Waals surface area contributed by atoms with Crippen LogP contribution in [0.15, 0.2) is 24.8 Å². The Bertz CT molecular complexity index is 1050. The van der Waals surface area contributed by atoms with Crippen LogP contribution in [0.25, 0.3) is 0 Å². The number of carboxylic acids is 1. The van der Waals surface area contributed by atoms with Gasteiger partial charge < -0.3 is 39.7 Å². The largest absolute Gasteiger partial charge is 0.483 e. The molecule has 5 N–H and O–H groups in total. The Morgan fingerprint density at radius 2 is 2.00 bits per heavy atom. The van der Waals surface area contributed by atoms with Gasteiger partial charge >= 0.3 is 5.97 Å². The van der Waals surface area contributed by atoms with Crippen LogP contribution < -0.4 is 9.47 Å². The molecule has 10 atom stereocenters. The van der Waals surface area contributed by atoms with E-state index in [0.29, 0.717) is 24.1 Å². The molecular weight excluding hydrogens is 458 g/mol. The summed E-state index contributed by atoms with van der Waals surface area (Å²) in [5.74, 6) is -0.436. The van der Waals surface area contributed by atoms with Gasteiger partial charge in [0.05, 0.1) is 6.10 Å². The van der Waals surface area contributed by atoms with E-state index in [1.165, 1.54) is 0 Å². The number of likely N-dealkylation sites (tertiary alicyclic amines) is 1. The van der Waals surface area contributed by atoms with Crippen LogP contribution >= 0.6 is 0 Å². The summed E-state index contributed by atoms with van der Waals surface area (Å²) in [5.41, 5.74) is 1.80. The number of hydrogen-bond donors (Lipinski definition) is 5. The maximum atomic E-state index is 11.5. The lowest BCUT2D eigenvalue weighted by Crippen LogP contribution is -2.66. The molecule has 5 aliphatic rings. The summed E-state index contributed by atoms with van der Waals surface area (Å²) in [7, 11) is 0. The van der Waals surface area contributed by atoms with E-state index >= 15 is 0 Å². The van der Waals surface area contributed by atoms with Gasteiger partial charge in [0, 0.05) is 23.6 Å². The zero-order chi connectivity index (χ0) is 24.6. The molecule has 3 fully saturated rings. The fourth-order valence-corrected chi connectivity index (χ4v) is 7.35. The van der Waals surface area contributed by atoms with Crippen LogP contribution in [-0.4, -0.2) is 98.4 Å². The molecule has 3 heterocycles. The second-order valence-electron chi connectivity index (χ2n) is 10.4. The minimum Gasteiger partial charge on any atom is -0.483 e. The predicted octanol–water partition coefficient (Wildman–Crippen LogP) is -0.456. The fourth-order valence-electron chi connectivity index (χ4n) is 7.35. The van der Waals surface area contributed by atoms with Crippen molar-refractivity contribution in [2.75, 3.05) is 13.1 Å². The summed E-state index contributed by atoms with van der Waals surface area (Å²) in [5, 5.41) is 51.0. The summed E-state index contributed by atoms with van der Waals surface area (Å²) in [6, 6.07) is 3.98. The lowest BCUT2D eigenvalue weighted by atomic mass is 9.51. The molecule has 35 heavy (non-hydrogen) atoms. The first-order chi connectivity index (χ1) is 16.8. The molecule has 6 rings (SSSR count). The van der Waals surface area contributed by atoms with E-state index in [9.17, 15) is 30.3 Å². The van der Waals surface area contributed by atoms with Gasteiger partial charge in [-0.05, 0) is 49.8 Å². The molecule has 190 valence electrons. The first-order valence-corrected chi connectivity index (χ1v) is 12.2. The first-order valence-electron chi connectivity index (χ1n) is 12.2. The Hall–Kier alpha value is -2.21. The van der Waals surface area contributed by atoms with Gasteiger partial charge in [0.1, 0.15) is 24.4 Å². The molecule has 1 spiro atoms. The van der Waals surface area contributed by atoms with Crippen molar-refractivity contribution in [1.82, 2.24) is 4.90 Å². The predicted molar refractivity (Wildman–Crippen MR) is 120 cm³/mol. The molecule has 0 radical (unpaired) electrons. The summed E-state index contributed by atoms with van der Waals surface area (Å²) in [6.45, 7) is 5.59. The highest BCUT2D eigenvalue weighted by Gasteiger charge is 2.65. The normalized spacial score (nSPS) is 43.7. The number of carboxylic acid groups (broad SMARTS) is 1. The van der Waals surface area contributed by atoms with Crippen LogP contribution in [0.1, 0.15) is 30.4 Å². The van der Waals surface area contributed by atoms with Crippen molar-refractivity contribution in [3.63, 3.8) is 0 Å². The van der Waals surface area contributed by atoms with Crippen LogP contribution in [0.2, 0.25) is 0 Å². The average molecular weight is 490 g/mol. The Balaban J connectivity index is 1.39. The van der Waals surface area contributed by atoms with Crippen LogP contribution in [0, 0.1) is 5.92 Å². The van der Waals surface area contributed by atoms with Crippen LogP contribution in [0.5, 0.6) is 11.5 Å². The Morgan fingerprint density at radius 3 is 2.74 bits per heavy atom. The van der Waals surface area contributed by atoms with Gasteiger partial charge in [0.2, 0.25) is 6.29 Å². The van der Waals surface area contributed by atoms with E-state index in [4.69, 9.17) is 14.2 Å². The summed E-state index contributed by atoms with van der Waals surface area (Å²) >= 11 is 0. The molecule has 2 saturated heterocycles. The summed E-state index contributed by atoms with van der Waals surface area (Å²) in [6.07, 6.45) is -4.45. The van der Waals surface area contributed by atoms with Crippen molar-refractivity contribution < 1.29 is 44.5 Å². The van der Waals surface area contributed by atoms with Crippen molar-refractivity contribution in [3.05, 3.63) is 35.9 Å². The number of benzene rings is 1. The zero-order valence-corrected chi connectivity index (χ0v) is 19.2. The minimum atomic E-state index is -1.80. The van der Waals surface area contributed by atoms with Gasteiger partial charge in [-0.1, -0.05) is 12.1 Å². The summed E-state index contributed by atoms with van der Waals surface area (Å²) < 4.78 is 17.7. The van der Waals surface area contributed by atoms with Gasteiger partial charge in [0.15, 0.2) is 17.6 Å². The van der Waals surface area contributed by atoms with Crippen molar-refractivity contribution in [1.29, 1.82) is 0 Å². The third kappa shape index (κ3) is 3.14. The fraction of sp³-hybridized carbons (Fsp3) is 0.640. The Labute approximate surface area is 202 Å².